The number of fused-ring (bicyclic) bond motifs is 1. The third kappa shape index (κ3) is 4.78. The van der Waals surface area contributed by atoms with Crippen molar-refractivity contribution in [3.63, 3.8) is 0 Å². The minimum atomic E-state index is -0.693. The molecular formula is C22H26N8O3. The van der Waals surface area contributed by atoms with Crippen molar-refractivity contribution in [1.82, 2.24) is 34.8 Å². The predicted molar refractivity (Wildman–Crippen MR) is 118 cm³/mol. The molecule has 5 rings (SSSR count). The number of methoxy groups -OCH3 is 1. The second-order valence-corrected chi connectivity index (χ2v) is 8.35. The third-order valence-corrected chi connectivity index (χ3v) is 5.90. The maximum absolute atomic E-state index is 12.7. The zero-order valence-corrected chi connectivity index (χ0v) is 18.3. The van der Waals surface area contributed by atoms with Crippen molar-refractivity contribution in [2.75, 3.05) is 25.5 Å². The number of amides is 2. The summed E-state index contributed by atoms with van der Waals surface area (Å²) in [4.78, 5) is 31.7. The van der Waals surface area contributed by atoms with Crippen molar-refractivity contribution in [3.05, 3.63) is 59.8 Å². The Morgan fingerprint density at radius 2 is 2.03 bits per heavy atom. The number of carbonyl (C=O) groups is 2. The van der Waals surface area contributed by atoms with Crippen LogP contribution in [0.5, 0.6) is 0 Å². The summed E-state index contributed by atoms with van der Waals surface area (Å²) in [6.07, 6.45) is 2.22. The summed E-state index contributed by atoms with van der Waals surface area (Å²) in [5, 5.41) is 14.5. The highest BCUT2D eigenvalue weighted by Crippen LogP contribution is 2.20. The first kappa shape index (κ1) is 21.3. The Balaban J connectivity index is 1.17. The van der Waals surface area contributed by atoms with E-state index in [1.54, 1.807) is 16.5 Å². The lowest BCUT2D eigenvalue weighted by Crippen LogP contribution is -2.50. The summed E-state index contributed by atoms with van der Waals surface area (Å²) < 4.78 is 8.68. The Kier molecular flexibility index (Phi) is 5.88. The fourth-order valence-electron chi connectivity index (χ4n) is 4.05. The summed E-state index contributed by atoms with van der Waals surface area (Å²) in [6.45, 7) is 3.50. The number of aromatic nitrogens is 5. The fourth-order valence-corrected chi connectivity index (χ4v) is 4.05. The molecule has 0 radical (unpaired) electrons. The van der Waals surface area contributed by atoms with Gasteiger partial charge in [-0.15, -0.1) is 5.10 Å². The number of ether oxygens (including phenoxy) is 1. The van der Waals surface area contributed by atoms with E-state index >= 15 is 0 Å². The molecule has 2 amide bonds. The van der Waals surface area contributed by atoms with Gasteiger partial charge in [-0.1, -0.05) is 30.3 Å². The molecule has 2 aromatic heterocycles. The first-order valence-corrected chi connectivity index (χ1v) is 10.9. The van der Waals surface area contributed by atoms with Gasteiger partial charge >= 0.3 is 0 Å². The Labute approximate surface area is 190 Å². The molecule has 0 aliphatic carbocycles. The summed E-state index contributed by atoms with van der Waals surface area (Å²) in [7, 11) is 1.72. The van der Waals surface area contributed by atoms with Crippen molar-refractivity contribution >= 4 is 17.6 Å². The maximum atomic E-state index is 12.7. The molecule has 0 saturated carbocycles. The van der Waals surface area contributed by atoms with Gasteiger partial charge in [-0.05, 0) is 12.0 Å². The van der Waals surface area contributed by atoms with E-state index in [9.17, 15) is 9.59 Å². The van der Waals surface area contributed by atoms with Gasteiger partial charge in [-0.2, -0.15) is 5.10 Å². The first-order valence-electron chi connectivity index (χ1n) is 10.9. The SMILES string of the molecule is COC1CN(Cc2cc3n(n2)CCC(NC(=O)c2ncn(Cc4ccccc4)n2)C(=O)N3)C1. The Bertz CT molecular complexity index is 1140. The number of likely N-dealkylation sites (tertiary alicyclic amines) is 1. The molecule has 0 spiro atoms. The Morgan fingerprint density at radius 1 is 1.21 bits per heavy atom. The molecule has 1 aromatic carbocycles. The van der Waals surface area contributed by atoms with Crippen LogP contribution in [-0.2, 0) is 29.2 Å². The number of nitrogens with zero attached hydrogens (tertiary/aromatic N) is 6. The molecule has 1 atom stereocenters. The van der Waals surface area contributed by atoms with Crippen molar-refractivity contribution in [2.45, 2.75) is 38.2 Å². The van der Waals surface area contributed by atoms with Crippen molar-refractivity contribution in [3.8, 4) is 0 Å². The van der Waals surface area contributed by atoms with Crippen LogP contribution in [0.15, 0.2) is 42.7 Å². The molecule has 2 N–H and O–H groups in total. The standard InChI is InChI=1S/C22H26N8O3/c1-33-17-12-28(13-17)11-16-9-19-25-21(31)18(7-8-30(19)26-16)24-22(32)20-23-14-29(27-20)10-15-5-3-2-4-6-15/h2-6,9,14,17-18H,7-8,10-13H2,1H3,(H,24,32)(H,25,31). The van der Waals surface area contributed by atoms with E-state index in [2.05, 4.69) is 30.7 Å². The third-order valence-electron chi connectivity index (χ3n) is 5.90. The topological polar surface area (TPSA) is 119 Å². The van der Waals surface area contributed by atoms with E-state index in [0.29, 0.717) is 31.9 Å². The Hall–Kier alpha value is -3.57. The molecule has 172 valence electrons. The van der Waals surface area contributed by atoms with Crippen LogP contribution in [0.4, 0.5) is 5.82 Å². The normalized spacial score (nSPS) is 18.8. The van der Waals surface area contributed by atoms with E-state index in [0.717, 1.165) is 24.3 Å². The second kappa shape index (κ2) is 9.12. The van der Waals surface area contributed by atoms with Gasteiger partial charge in [0.25, 0.3) is 5.91 Å². The highest BCUT2D eigenvalue weighted by molar-refractivity contribution is 5.99. The number of benzene rings is 1. The average molecular weight is 451 g/mol. The van der Waals surface area contributed by atoms with Crippen LogP contribution in [-0.4, -0.2) is 73.6 Å². The summed E-state index contributed by atoms with van der Waals surface area (Å²) >= 11 is 0. The highest BCUT2D eigenvalue weighted by atomic mass is 16.5. The average Bonchev–Trinajstić information content (AvgIpc) is 3.37. The van der Waals surface area contributed by atoms with Gasteiger partial charge in [0.2, 0.25) is 11.7 Å². The van der Waals surface area contributed by atoms with Gasteiger partial charge in [-0.3, -0.25) is 14.5 Å². The molecule has 0 bridgehead atoms. The molecule has 4 heterocycles. The summed E-state index contributed by atoms with van der Waals surface area (Å²) in [5.74, 6) is -0.0823. The number of anilines is 1. The molecule has 11 nitrogen and oxygen atoms in total. The van der Waals surface area contributed by atoms with Crippen LogP contribution in [0.2, 0.25) is 0 Å². The van der Waals surface area contributed by atoms with Crippen LogP contribution in [0.1, 0.15) is 28.3 Å². The number of hydrogen-bond donors (Lipinski definition) is 2. The maximum Gasteiger partial charge on any atom is 0.291 e. The highest BCUT2D eigenvalue weighted by Gasteiger charge is 2.30. The number of aryl methyl sites for hydroxylation is 1. The van der Waals surface area contributed by atoms with Crippen molar-refractivity contribution < 1.29 is 14.3 Å². The molecule has 1 saturated heterocycles. The largest absolute Gasteiger partial charge is 0.379 e. The van der Waals surface area contributed by atoms with Crippen LogP contribution in [0.3, 0.4) is 0 Å². The Morgan fingerprint density at radius 3 is 2.82 bits per heavy atom. The van der Waals surface area contributed by atoms with Gasteiger partial charge in [0.15, 0.2) is 0 Å². The number of nitrogens with one attached hydrogen (secondary N) is 2. The van der Waals surface area contributed by atoms with Gasteiger partial charge < -0.3 is 15.4 Å². The van der Waals surface area contributed by atoms with E-state index in [4.69, 9.17) is 4.74 Å². The van der Waals surface area contributed by atoms with Gasteiger partial charge in [0, 0.05) is 39.4 Å². The molecule has 1 unspecified atom stereocenters. The number of rotatable bonds is 7. The van der Waals surface area contributed by atoms with Crippen molar-refractivity contribution in [2.24, 2.45) is 0 Å². The smallest absolute Gasteiger partial charge is 0.291 e. The zero-order chi connectivity index (χ0) is 22.8. The molecule has 2 aliphatic rings. The second-order valence-electron chi connectivity index (χ2n) is 8.35. The lowest BCUT2D eigenvalue weighted by Gasteiger charge is -2.37. The molecule has 11 heteroatoms. The number of carbonyl (C=O) groups excluding carboxylic acids is 2. The molecule has 2 aliphatic heterocycles. The summed E-state index contributed by atoms with van der Waals surface area (Å²) in [5.41, 5.74) is 1.95. The van der Waals surface area contributed by atoms with Crippen molar-refractivity contribution in [1.29, 1.82) is 0 Å². The molecular weight excluding hydrogens is 424 g/mol. The van der Waals surface area contributed by atoms with E-state index in [1.807, 2.05) is 36.4 Å². The van der Waals surface area contributed by atoms with Crippen LogP contribution < -0.4 is 10.6 Å². The lowest BCUT2D eigenvalue weighted by molar-refractivity contribution is -0.118. The quantitative estimate of drug-likeness (QED) is 0.538. The van der Waals surface area contributed by atoms with E-state index in [1.165, 1.54) is 6.33 Å². The summed E-state index contributed by atoms with van der Waals surface area (Å²) in [6, 6.07) is 11.0. The van der Waals surface area contributed by atoms with Crippen LogP contribution >= 0.6 is 0 Å². The fraction of sp³-hybridized carbons (Fsp3) is 0.409. The molecule has 3 aromatic rings. The monoisotopic (exact) mass is 450 g/mol. The minimum absolute atomic E-state index is 0.0342. The van der Waals surface area contributed by atoms with Gasteiger partial charge in [-0.25, -0.2) is 14.3 Å². The number of hydrogen-bond acceptors (Lipinski definition) is 7. The van der Waals surface area contributed by atoms with Gasteiger partial charge in [0.1, 0.15) is 18.2 Å². The minimum Gasteiger partial charge on any atom is -0.379 e. The molecule has 33 heavy (non-hydrogen) atoms. The molecule has 1 fully saturated rings. The van der Waals surface area contributed by atoms with E-state index in [-0.39, 0.29) is 17.8 Å². The zero-order valence-electron chi connectivity index (χ0n) is 18.3. The van der Waals surface area contributed by atoms with E-state index < -0.39 is 11.9 Å². The predicted octanol–water partition coefficient (Wildman–Crippen LogP) is 0.494. The van der Waals surface area contributed by atoms with Crippen LogP contribution in [0, 0.1) is 0 Å². The lowest BCUT2D eigenvalue weighted by atomic mass is 10.1. The van der Waals surface area contributed by atoms with Crippen LogP contribution in [0.25, 0.3) is 0 Å². The first-order chi connectivity index (χ1) is 16.1. The van der Waals surface area contributed by atoms with Gasteiger partial charge in [0.05, 0.1) is 18.3 Å².